The SMILES string of the molecule is Cc1cc(C)c(NC(=O)CSc2nc(C)c(C)o2)c(C)c1. The van der Waals surface area contributed by atoms with E-state index in [0.29, 0.717) is 5.22 Å². The lowest BCUT2D eigenvalue weighted by Gasteiger charge is -2.12. The lowest BCUT2D eigenvalue weighted by atomic mass is 10.1. The molecule has 0 radical (unpaired) electrons. The fraction of sp³-hybridized carbons (Fsp3) is 0.375. The van der Waals surface area contributed by atoms with Crippen LogP contribution in [0, 0.1) is 34.6 Å². The molecular weight excluding hydrogens is 284 g/mol. The number of thioether (sulfide) groups is 1. The molecule has 0 aliphatic carbocycles. The molecule has 1 aromatic carbocycles. The van der Waals surface area contributed by atoms with Gasteiger partial charge in [-0.1, -0.05) is 29.5 Å². The molecule has 0 aliphatic rings. The molecule has 1 heterocycles. The van der Waals surface area contributed by atoms with Crippen LogP contribution < -0.4 is 5.32 Å². The zero-order valence-electron chi connectivity index (χ0n) is 13.0. The minimum Gasteiger partial charge on any atom is -0.437 e. The number of anilines is 1. The van der Waals surface area contributed by atoms with Crippen molar-refractivity contribution < 1.29 is 9.21 Å². The van der Waals surface area contributed by atoms with E-state index in [-0.39, 0.29) is 11.7 Å². The van der Waals surface area contributed by atoms with Gasteiger partial charge in [0.1, 0.15) is 5.76 Å². The van der Waals surface area contributed by atoms with Crippen LogP contribution >= 0.6 is 11.8 Å². The maximum absolute atomic E-state index is 12.1. The number of hydrogen-bond donors (Lipinski definition) is 1. The average Bonchev–Trinajstić information content (AvgIpc) is 2.71. The molecule has 5 heteroatoms. The molecule has 0 aliphatic heterocycles. The highest BCUT2D eigenvalue weighted by Crippen LogP contribution is 2.23. The molecule has 112 valence electrons. The summed E-state index contributed by atoms with van der Waals surface area (Å²) in [5, 5.41) is 3.51. The van der Waals surface area contributed by atoms with Gasteiger partial charge in [0, 0.05) is 5.69 Å². The fourth-order valence-corrected chi connectivity index (χ4v) is 2.90. The van der Waals surface area contributed by atoms with Crippen molar-refractivity contribution in [3.05, 3.63) is 40.3 Å². The van der Waals surface area contributed by atoms with Crippen molar-refractivity contribution in [3.63, 3.8) is 0 Å². The van der Waals surface area contributed by atoms with E-state index in [4.69, 9.17) is 4.42 Å². The van der Waals surface area contributed by atoms with Crippen molar-refractivity contribution in [2.75, 3.05) is 11.1 Å². The summed E-state index contributed by atoms with van der Waals surface area (Å²) in [7, 11) is 0. The summed E-state index contributed by atoms with van der Waals surface area (Å²) in [6, 6.07) is 4.13. The predicted octanol–water partition coefficient (Wildman–Crippen LogP) is 3.95. The maximum atomic E-state index is 12.1. The van der Waals surface area contributed by atoms with Gasteiger partial charge in [-0.15, -0.1) is 0 Å². The molecule has 2 aromatic rings. The van der Waals surface area contributed by atoms with Gasteiger partial charge < -0.3 is 9.73 Å². The van der Waals surface area contributed by atoms with Crippen molar-refractivity contribution in [2.45, 2.75) is 39.8 Å². The second-order valence-electron chi connectivity index (χ2n) is 5.23. The third kappa shape index (κ3) is 3.88. The van der Waals surface area contributed by atoms with Gasteiger partial charge in [0.2, 0.25) is 5.91 Å². The van der Waals surface area contributed by atoms with Gasteiger partial charge in [0.15, 0.2) is 0 Å². The highest BCUT2D eigenvalue weighted by Gasteiger charge is 2.11. The Morgan fingerprint density at radius 3 is 2.33 bits per heavy atom. The molecule has 2 rings (SSSR count). The van der Waals surface area contributed by atoms with Crippen molar-refractivity contribution in [2.24, 2.45) is 0 Å². The molecule has 0 saturated heterocycles. The first kappa shape index (κ1) is 15.6. The number of amides is 1. The Balaban J connectivity index is 1.99. The van der Waals surface area contributed by atoms with Gasteiger partial charge in [0.25, 0.3) is 5.22 Å². The Morgan fingerprint density at radius 2 is 1.81 bits per heavy atom. The summed E-state index contributed by atoms with van der Waals surface area (Å²) in [6.45, 7) is 9.81. The second kappa shape index (κ2) is 6.35. The highest BCUT2D eigenvalue weighted by molar-refractivity contribution is 7.99. The van der Waals surface area contributed by atoms with E-state index in [1.807, 2.05) is 27.7 Å². The number of aryl methyl sites for hydroxylation is 5. The Morgan fingerprint density at radius 1 is 1.19 bits per heavy atom. The number of carbonyl (C=O) groups excluding carboxylic acids is 1. The van der Waals surface area contributed by atoms with Crippen LogP contribution in [0.4, 0.5) is 5.69 Å². The van der Waals surface area contributed by atoms with E-state index >= 15 is 0 Å². The second-order valence-corrected chi connectivity index (χ2v) is 6.16. The van der Waals surface area contributed by atoms with E-state index in [9.17, 15) is 4.79 Å². The van der Waals surface area contributed by atoms with Crippen molar-refractivity contribution in [1.29, 1.82) is 0 Å². The zero-order valence-corrected chi connectivity index (χ0v) is 13.9. The minimum atomic E-state index is -0.0523. The molecule has 4 nitrogen and oxygen atoms in total. The molecule has 1 aromatic heterocycles. The van der Waals surface area contributed by atoms with Crippen molar-refractivity contribution >= 4 is 23.4 Å². The minimum absolute atomic E-state index is 0.0523. The lowest BCUT2D eigenvalue weighted by molar-refractivity contribution is -0.113. The van der Waals surface area contributed by atoms with Crippen LogP contribution in [-0.2, 0) is 4.79 Å². The average molecular weight is 304 g/mol. The standard InChI is InChI=1S/C16H20N2O2S/c1-9-6-10(2)15(11(3)7-9)18-14(19)8-21-16-17-12(4)13(5)20-16/h6-7H,8H2,1-5H3,(H,18,19). The highest BCUT2D eigenvalue weighted by atomic mass is 32.2. The molecule has 0 unspecified atom stereocenters. The monoisotopic (exact) mass is 304 g/mol. The van der Waals surface area contributed by atoms with Crippen LogP contribution in [0.15, 0.2) is 21.8 Å². The number of hydrogen-bond acceptors (Lipinski definition) is 4. The van der Waals surface area contributed by atoms with E-state index in [2.05, 4.69) is 29.4 Å². The van der Waals surface area contributed by atoms with Crippen LogP contribution in [0.3, 0.4) is 0 Å². The maximum Gasteiger partial charge on any atom is 0.256 e. The number of carbonyl (C=O) groups is 1. The summed E-state index contributed by atoms with van der Waals surface area (Å²) in [4.78, 5) is 16.3. The van der Waals surface area contributed by atoms with Gasteiger partial charge >= 0.3 is 0 Å². The molecule has 1 N–H and O–H groups in total. The summed E-state index contributed by atoms with van der Waals surface area (Å²) < 4.78 is 5.45. The van der Waals surface area contributed by atoms with Crippen LogP contribution in [-0.4, -0.2) is 16.6 Å². The first-order valence-corrected chi connectivity index (χ1v) is 7.80. The Kier molecular flexibility index (Phi) is 4.73. The first-order valence-electron chi connectivity index (χ1n) is 6.81. The molecule has 0 fully saturated rings. The predicted molar refractivity (Wildman–Crippen MR) is 86.0 cm³/mol. The normalized spacial score (nSPS) is 10.7. The number of oxazole rings is 1. The Bertz CT molecular complexity index is 634. The largest absolute Gasteiger partial charge is 0.437 e. The third-order valence-corrected chi connectivity index (χ3v) is 4.11. The van der Waals surface area contributed by atoms with Gasteiger partial charge in [0.05, 0.1) is 11.4 Å². The number of benzene rings is 1. The third-order valence-electron chi connectivity index (χ3n) is 3.28. The van der Waals surface area contributed by atoms with Gasteiger partial charge in [-0.25, -0.2) is 4.98 Å². The number of aromatic nitrogens is 1. The van der Waals surface area contributed by atoms with E-state index in [0.717, 1.165) is 28.3 Å². The molecular formula is C16H20N2O2S. The van der Waals surface area contributed by atoms with Crippen LogP contribution in [0.1, 0.15) is 28.1 Å². The summed E-state index contributed by atoms with van der Waals surface area (Å²) >= 11 is 1.31. The Labute approximate surface area is 129 Å². The van der Waals surface area contributed by atoms with Crippen LogP contribution in [0.5, 0.6) is 0 Å². The summed E-state index contributed by atoms with van der Waals surface area (Å²) in [5.41, 5.74) is 5.11. The lowest BCUT2D eigenvalue weighted by Crippen LogP contribution is -2.15. The molecule has 0 bridgehead atoms. The quantitative estimate of drug-likeness (QED) is 0.869. The fourth-order valence-electron chi connectivity index (χ4n) is 2.19. The molecule has 0 saturated carbocycles. The number of nitrogens with one attached hydrogen (secondary N) is 1. The van der Waals surface area contributed by atoms with Crippen LogP contribution in [0.2, 0.25) is 0 Å². The van der Waals surface area contributed by atoms with E-state index in [1.54, 1.807) is 0 Å². The van der Waals surface area contributed by atoms with Gasteiger partial charge in [-0.3, -0.25) is 4.79 Å². The van der Waals surface area contributed by atoms with E-state index < -0.39 is 0 Å². The van der Waals surface area contributed by atoms with Crippen molar-refractivity contribution in [3.8, 4) is 0 Å². The summed E-state index contributed by atoms with van der Waals surface area (Å²) in [6.07, 6.45) is 0. The molecule has 0 atom stereocenters. The summed E-state index contributed by atoms with van der Waals surface area (Å²) in [5.74, 6) is 1.03. The van der Waals surface area contributed by atoms with Crippen molar-refractivity contribution in [1.82, 2.24) is 4.98 Å². The molecule has 21 heavy (non-hydrogen) atoms. The topological polar surface area (TPSA) is 55.1 Å². The first-order chi connectivity index (χ1) is 9.86. The number of nitrogens with zero attached hydrogens (tertiary/aromatic N) is 1. The van der Waals surface area contributed by atoms with Gasteiger partial charge in [-0.2, -0.15) is 0 Å². The molecule has 0 spiro atoms. The smallest absolute Gasteiger partial charge is 0.256 e. The molecule has 1 amide bonds. The number of rotatable bonds is 4. The zero-order chi connectivity index (χ0) is 15.6. The van der Waals surface area contributed by atoms with E-state index in [1.165, 1.54) is 17.3 Å². The van der Waals surface area contributed by atoms with Crippen LogP contribution in [0.25, 0.3) is 0 Å². The Hall–Kier alpha value is -1.75. The van der Waals surface area contributed by atoms with Gasteiger partial charge in [-0.05, 0) is 45.7 Å².